The van der Waals surface area contributed by atoms with Crippen LogP contribution in [0.2, 0.25) is 0 Å². The zero-order chi connectivity index (χ0) is 13.8. The Balaban J connectivity index is 0.00000200. The van der Waals surface area contributed by atoms with E-state index in [0.717, 1.165) is 26.9 Å². The molecule has 1 aromatic carbocycles. The van der Waals surface area contributed by atoms with Crippen LogP contribution in [0.5, 0.6) is 0 Å². The summed E-state index contributed by atoms with van der Waals surface area (Å²) in [6, 6.07) is 10.3. The molecular formula is C14H18ClN3S2. The molecule has 1 aromatic heterocycles. The van der Waals surface area contributed by atoms with Crippen LogP contribution in [0, 0.1) is 5.41 Å². The average molecular weight is 328 g/mol. The molecule has 20 heavy (non-hydrogen) atoms. The third-order valence-electron chi connectivity index (χ3n) is 2.79. The number of aryl methyl sites for hydroxylation is 1. The first-order valence-electron chi connectivity index (χ1n) is 6.02. The van der Waals surface area contributed by atoms with Gasteiger partial charge in [0, 0.05) is 5.69 Å². The summed E-state index contributed by atoms with van der Waals surface area (Å²) in [5.41, 5.74) is 8.94. The van der Waals surface area contributed by atoms with Crippen molar-refractivity contribution in [2.75, 3.05) is 11.6 Å². The fraction of sp³-hybridized carbons (Fsp3) is 0.214. The predicted octanol–water partition coefficient (Wildman–Crippen LogP) is 4.48. The molecule has 0 spiro atoms. The van der Waals surface area contributed by atoms with Crippen LogP contribution in [0.4, 0.5) is 11.4 Å². The molecule has 0 aliphatic rings. The fourth-order valence-corrected chi connectivity index (χ4v) is 3.36. The number of nitrogens with two attached hydrogens (primary N) is 1. The molecule has 3 nitrogen and oxygen atoms in total. The number of nitrogen functional groups attached to an aromatic ring is 1. The highest BCUT2D eigenvalue weighted by Crippen LogP contribution is 2.36. The smallest absolute Gasteiger partial charge is 0.133 e. The lowest BCUT2D eigenvalue weighted by atomic mass is 10.1. The number of benzene rings is 1. The van der Waals surface area contributed by atoms with Gasteiger partial charge in [0.15, 0.2) is 0 Å². The van der Waals surface area contributed by atoms with Crippen molar-refractivity contribution in [1.29, 1.82) is 5.41 Å². The number of anilines is 2. The minimum absolute atomic E-state index is 0. The molecular weight excluding hydrogens is 310 g/mol. The normalized spacial score (nSPS) is 9.90. The lowest BCUT2D eigenvalue weighted by Crippen LogP contribution is -2.08. The Labute approximate surface area is 133 Å². The van der Waals surface area contributed by atoms with E-state index in [1.54, 1.807) is 23.1 Å². The molecule has 6 heteroatoms. The zero-order valence-electron chi connectivity index (χ0n) is 11.4. The molecule has 0 saturated heterocycles. The molecule has 0 atom stereocenters. The molecule has 4 N–H and O–H groups in total. The summed E-state index contributed by atoms with van der Waals surface area (Å²) in [7, 11) is 0. The van der Waals surface area contributed by atoms with Crippen molar-refractivity contribution < 1.29 is 0 Å². The van der Waals surface area contributed by atoms with Crippen LogP contribution in [0.25, 0.3) is 0 Å². The van der Waals surface area contributed by atoms with Crippen molar-refractivity contribution in [3.05, 3.63) is 40.8 Å². The molecule has 108 valence electrons. The van der Waals surface area contributed by atoms with E-state index >= 15 is 0 Å². The van der Waals surface area contributed by atoms with Crippen LogP contribution in [0.1, 0.15) is 17.4 Å². The van der Waals surface area contributed by atoms with Gasteiger partial charge in [-0.1, -0.05) is 19.1 Å². The van der Waals surface area contributed by atoms with Crippen molar-refractivity contribution in [2.24, 2.45) is 5.73 Å². The van der Waals surface area contributed by atoms with E-state index in [-0.39, 0.29) is 18.2 Å². The first-order valence-corrected chi connectivity index (χ1v) is 8.06. The topological polar surface area (TPSA) is 61.9 Å². The second kappa shape index (κ2) is 7.57. The van der Waals surface area contributed by atoms with Gasteiger partial charge >= 0.3 is 0 Å². The second-order valence-electron chi connectivity index (χ2n) is 4.11. The SMILES string of the molecule is CCc1ccc(Nc2cc(C(=N)N)sc2SC)cc1.Cl. The highest BCUT2D eigenvalue weighted by molar-refractivity contribution is 8.00. The molecule has 2 rings (SSSR count). The maximum absolute atomic E-state index is 7.50. The molecule has 2 aromatic rings. The van der Waals surface area contributed by atoms with Crippen LogP contribution in [-0.4, -0.2) is 12.1 Å². The lowest BCUT2D eigenvalue weighted by Gasteiger charge is -2.06. The van der Waals surface area contributed by atoms with Gasteiger partial charge in [0.2, 0.25) is 0 Å². The maximum Gasteiger partial charge on any atom is 0.133 e. The Morgan fingerprint density at radius 1 is 1.35 bits per heavy atom. The Bertz CT molecular complexity index is 579. The lowest BCUT2D eigenvalue weighted by molar-refractivity contribution is 1.14. The summed E-state index contributed by atoms with van der Waals surface area (Å²) in [4.78, 5) is 0.803. The van der Waals surface area contributed by atoms with Gasteiger partial charge in [-0.2, -0.15) is 0 Å². The number of rotatable bonds is 5. The van der Waals surface area contributed by atoms with Crippen LogP contribution >= 0.6 is 35.5 Å². The summed E-state index contributed by atoms with van der Waals surface area (Å²) < 4.78 is 1.14. The van der Waals surface area contributed by atoms with Gasteiger partial charge in [-0.25, -0.2) is 0 Å². The molecule has 1 heterocycles. The summed E-state index contributed by atoms with van der Waals surface area (Å²) in [6.45, 7) is 2.15. The van der Waals surface area contributed by atoms with Crippen molar-refractivity contribution in [1.82, 2.24) is 0 Å². The number of nitrogens with one attached hydrogen (secondary N) is 2. The second-order valence-corrected chi connectivity index (χ2v) is 6.23. The van der Waals surface area contributed by atoms with E-state index in [1.165, 1.54) is 5.56 Å². The number of halogens is 1. The molecule has 0 aliphatic heterocycles. The minimum atomic E-state index is 0. The number of amidine groups is 1. The number of hydrogen-bond acceptors (Lipinski definition) is 4. The summed E-state index contributed by atoms with van der Waals surface area (Å²) >= 11 is 3.21. The molecule has 0 unspecified atom stereocenters. The van der Waals surface area contributed by atoms with E-state index in [0.29, 0.717) is 0 Å². The van der Waals surface area contributed by atoms with Gasteiger partial charge in [-0.05, 0) is 36.4 Å². The van der Waals surface area contributed by atoms with Gasteiger partial charge in [0.05, 0.1) is 14.8 Å². The first kappa shape index (κ1) is 16.9. The van der Waals surface area contributed by atoms with E-state index < -0.39 is 0 Å². The highest BCUT2D eigenvalue weighted by Gasteiger charge is 2.10. The minimum Gasteiger partial charge on any atom is -0.383 e. The Morgan fingerprint density at radius 2 is 2.00 bits per heavy atom. The van der Waals surface area contributed by atoms with Gasteiger partial charge in [0.1, 0.15) is 5.84 Å². The summed E-state index contributed by atoms with van der Waals surface area (Å²) in [5.74, 6) is 0.120. The van der Waals surface area contributed by atoms with Crippen molar-refractivity contribution in [2.45, 2.75) is 17.6 Å². The molecule has 0 fully saturated rings. The maximum atomic E-state index is 7.50. The van der Waals surface area contributed by atoms with Crippen molar-refractivity contribution in [3.8, 4) is 0 Å². The Kier molecular flexibility index (Phi) is 6.39. The molecule has 0 saturated carbocycles. The van der Waals surface area contributed by atoms with Crippen molar-refractivity contribution in [3.63, 3.8) is 0 Å². The van der Waals surface area contributed by atoms with Gasteiger partial charge in [-0.15, -0.1) is 35.5 Å². The largest absolute Gasteiger partial charge is 0.383 e. The summed E-state index contributed by atoms with van der Waals surface area (Å²) in [5, 5.41) is 10.9. The van der Waals surface area contributed by atoms with Gasteiger partial charge < -0.3 is 11.1 Å². The molecule has 0 aliphatic carbocycles. The number of thiophene rings is 1. The zero-order valence-corrected chi connectivity index (χ0v) is 13.8. The molecule has 0 radical (unpaired) electrons. The van der Waals surface area contributed by atoms with Crippen LogP contribution in [-0.2, 0) is 6.42 Å². The monoisotopic (exact) mass is 327 g/mol. The third-order valence-corrected chi connectivity index (χ3v) is 5.09. The van der Waals surface area contributed by atoms with Crippen LogP contribution in [0.3, 0.4) is 0 Å². The highest BCUT2D eigenvalue weighted by atomic mass is 35.5. The van der Waals surface area contributed by atoms with E-state index in [9.17, 15) is 0 Å². The van der Waals surface area contributed by atoms with Gasteiger partial charge in [0.25, 0.3) is 0 Å². The number of hydrogen-bond donors (Lipinski definition) is 3. The van der Waals surface area contributed by atoms with E-state index in [4.69, 9.17) is 11.1 Å². The van der Waals surface area contributed by atoms with Crippen LogP contribution in [0.15, 0.2) is 34.5 Å². The quantitative estimate of drug-likeness (QED) is 0.431. The first-order chi connectivity index (χ1) is 9.13. The molecule has 0 bridgehead atoms. The predicted molar refractivity (Wildman–Crippen MR) is 93.5 cm³/mol. The third kappa shape index (κ3) is 3.91. The Hall–Kier alpha value is -1.17. The standard InChI is InChI=1S/C14H17N3S2.ClH/c1-3-9-4-6-10(7-5-9)17-11-8-12(13(15)16)19-14(11)18-2;/h4-8,17H,3H2,1-2H3,(H3,15,16);1H. The number of thioether (sulfide) groups is 1. The van der Waals surface area contributed by atoms with Crippen molar-refractivity contribution >= 4 is 52.7 Å². The average Bonchev–Trinajstić information content (AvgIpc) is 2.83. The van der Waals surface area contributed by atoms with E-state index in [1.807, 2.05) is 12.3 Å². The summed E-state index contributed by atoms with van der Waals surface area (Å²) in [6.07, 6.45) is 3.07. The van der Waals surface area contributed by atoms with Gasteiger partial charge in [-0.3, -0.25) is 5.41 Å². The van der Waals surface area contributed by atoms with Crippen LogP contribution < -0.4 is 11.1 Å². The fourth-order valence-electron chi connectivity index (χ4n) is 1.73. The molecule has 0 amide bonds. The van der Waals surface area contributed by atoms with E-state index in [2.05, 4.69) is 36.5 Å². The Morgan fingerprint density at radius 3 is 2.50 bits per heavy atom.